The first-order valence-electron chi connectivity index (χ1n) is 11.4. The highest BCUT2D eigenvalue weighted by molar-refractivity contribution is 7.97. The fourth-order valence-electron chi connectivity index (χ4n) is 3.12. The van der Waals surface area contributed by atoms with Crippen LogP contribution in [-0.2, 0) is 16.1 Å². The van der Waals surface area contributed by atoms with Crippen LogP contribution in [0, 0.1) is 11.3 Å². The number of hydrogen-bond acceptors (Lipinski definition) is 10. The molecule has 11 nitrogen and oxygen atoms in total. The molecule has 188 valence electrons. The SMILES string of the molecule is CCOC(=O)Cn1ccc(C(=O)Nc2ccc(SN3CCN=CN=C(C#N)/C=C(/C)NCC3)cc2)n1. The molecule has 2 heterocycles. The predicted octanol–water partition coefficient (Wildman–Crippen LogP) is 2.51. The molecule has 2 aromatic rings. The number of nitrogens with zero attached hydrogens (tertiary/aromatic N) is 6. The normalized spacial score (nSPS) is 16.2. The van der Waals surface area contributed by atoms with Crippen LogP contribution in [0.4, 0.5) is 5.69 Å². The van der Waals surface area contributed by atoms with Crippen LogP contribution in [0.3, 0.4) is 0 Å². The second-order valence-corrected chi connectivity index (χ2v) is 8.77. The van der Waals surface area contributed by atoms with Gasteiger partial charge < -0.3 is 15.4 Å². The van der Waals surface area contributed by atoms with E-state index in [1.54, 1.807) is 37.2 Å². The van der Waals surface area contributed by atoms with Gasteiger partial charge in [-0.2, -0.15) is 10.4 Å². The number of aliphatic imine (C=N–C) groups is 2. The van der Waals surface area contributed by atoms with Crippen molar-refractivity contribution >= 4 is 41.6 Å². The molecule has 1 aliphatic heterocycles. The van der Waals surface area contributed by atoms with Crippen LogP contribution in [0.25, 0.3) is 0 Å². The molecule has 0 spiro atoms. The third-order valence-corrected chi connectivity index (χ3v) is 5.91. The van der Waals surface area contributed by atoms with Crippen LogP contribution >= 0.6 is 11.9 Å². The van der Waals surface area contributed by atoms with E-state index in [0.29, 0.717) is 37.6 Å². The number of rotatable bonds is 7. The molecule has 1 amide bonds. The molecule has 0 saturated heterocycles. The van der Waals surface area contributed by atoms with E-state index in [0.717, 1.165) is 17.1 Å². The van der Waals surface area contributed by atoms with Gasteiger partial charge in [0.25, 0.3) is 5.91 Å². The molecule has 0 unspecified atom stereocenters. The molecule has 0 saturated carbocycles. The van der Waals surface area contributed by atoms with Crippen molar-refractivity contribution in [2.24, 2.45) is 9.98 Å². The molecule has 0 radical (unpaired) electrons. The maximum atomic E-state index is 12.5. The maximum absolute atomic E-state index is 12.5. The lowest BCUT2D eigenvalue weighted by atomic mass is 10.3. The van der Waals surface area contributed by atoms with E-state index in [2.05, 4.69) is 30.0 Å². The molecule has 0 atom stereocenters. The fourth-order valence-corrected chi connectivity index (χ4v) is 4.03. The Kier molecular flexibility index (Phi) is 10.2. The highest BCUT2D eigenvalue weighted by Gasteiger charge is 2.13. The smallest absolute Gasteiger partial charge is 0.327 e. The largest absolute Gasteiger partial charge is 0.465 e. The Morgan fingerprint density at radius 3 is 2.81 bits per heavy atom. The van der Waals surface area contributed by atoms with Gasteiger partial charge >= 0.3 is 5.97 Å². The summed E-state index contributed by atoms with van der Waals surface area (Å²) in [6.07, 6.45) is 4.68. The number of anilines is 1. The second-order valence-electron chi connectivity index (χ2n) is 7.60. The van der Waals surface area contributed by atoms with Gasteiger partial charge in [-0.05, 0) is 62.2 Å². The van der Waals surface area contributed by atoms with Gasteiger partial charge in [-0.3, -0.25) is 19.3 Å². The first-order chi connectivity index (χ1) is 17.5. The second kappa shape index (κ2) is 13.8. The van der Waals surface area contributed by atoms with E-state index >= 15 is 0 Å². The number of ether oxygens (including phenoxy) is 1. The highest BCUT2D eigenvalue weighted by Crippen LogP contribution is 2.24. The van der Waals surface area contributed by atoms with E-state index in [4.69, 9.17) is 10.00 Å². The first-order valence-corrected chi connectivity index (χ1v) is 12.2. The Morgan fingerprint density at radius 2 is 2.06 bits per heavy atom. The Labute approximate surface area is 214 Å². The third kappa shape index (κ3) is 8.68. The van der Waals surface area contributed by atoms with E-state index in [1.165, 1.54) is 11.0 Å². The summed E-state index contributed by atoms with van der Waals surface area (Å²) in [7, 11) is 0. The molecule has 2 N–H and O–H groups in total. The van der Waals surface area contributed by atoms with Gasteiger partial charge in [0.1, 0.15) is 24.7 Å². The van der Waals surface area contributed by atoms with Crippen molar-refractivity contribution in [3.8, 4) is 6.07 Å². The van der Waals surface area contributed by atoms with Gasteiger partial charge in [0.15, 0.2) is 5.69 Å². The predicted molar refractivity (Wildman–Crippen MR) is 139 cm³/mol. The van der Waals surface area contributed by atoms with Crippen molar-refractivity contribution in [1.29, 1.82) is 5.26 Å². The number of carbonyl (C=O) groups is 2. The zero-order chi connectivity index (χ0) is 25.8. The average molecular weight is 509 g/mol. The van der Waals surface area contributed by atoms with Crippen molar-refractivity contribution in [3.05, 3.63) is 54.0 Å². The molecule has 3 rings (SSSR count). The summed E-state index contributed by atoms with van der Waals surface area (Å²) < 4.78 is 8.45. The molecule has 36 heavy (non-hydrogen) atoms. The number of carbonyl (C=O) groups excluding carboxylic acids is 2. The number of aromatic nitrogens is 2. The molecule has 1 aromatic heterocycles. The number of nitriles is 1. The standard InChI is InChI=1S/C24H28N8O3S/c1-3-35-23(33)16-31-11-8-22(30-31)24(34)29-19-4-6-21(7-5-19)36-32-12-9-26-17-28-20(15-25)14-18(2)27-10-13-32/h4-8,11,14,17,27H,3,9-10,12-13,16H2,1-2H3,(H,29,34)/b18-14-,26-17?,28-20?. The van der Waals surface area contributed by atoms with Crippen LogP contribution < -0.4 is 10.6 Å². The van der Waals surface area contributed by atoms with E-state index in [9.17, 15) is 9.59 Å². The van der Waals surface area contributed by atoms with Crippen LogP contribution in [0.2, 0.25) is 0 Å². The van der Waals surface area contributed by atoms with Crippen molar-refractivity contribution in [2.45, 2.75) is 25.3 Å². The lowest BCUT2D eigenvalue weighted by Crippen LogP contribution is -2.29. The summed E-state index contributed by atoms with van der Waals surface area (Å²) in [6.45, 7) is 6.59. The van der Waals surface area contributed by atoms with Crippen molar-refractivity contribution in [3.63, 3.8) is 0 Å². The zero-order valence-corrected chi connectivity index (χ0v) is 21.0. The minimum absolute atomic E-state index is 0.0473. The number of allylic oxidation sites excluding steroid dienone is 2. The maximum Gasteiger partial charge on any atom is 0.327 e. The van der Waals surface area contributed by atoms with Crippen LogP contribution in [0.15, 0.2) is 63.2 Å². The first kappa shape index (κ1) is 26.7. The Balaban J connectivity index is 1.55. The summed E-state index contributed by atoms with van der Waals surface area (Å²) in [5.74, 6) is -0.774. The lowest BCUT2D eigenvalue weighted by Gasteiger charge is -2.21. The Hall–Kier alpha value is -3.95. The highest BCUT2D eigenvalue weighted by atomic mass is 32.2. The molecule has 1 aromatic carbocycles. The topological polar surface area (TPSA) is 137 Å². The number of amides is 1. The van der Waals surface area contributed by atoms with E-state index in [1.807, 2.05) is 37.3 Å². The van der Waals surface area contributed by atoms with E-state index < -0.39 is 5.97 Å². The quantitative estimate of drug-likeness (QED) is 0.430. The molecular formula is C24H28N8O3S. The minimum Gasteiger partial charge on any atom is -0.465 e. The van der Waals surface area contributed by atoms with Gasteiger partial charge in [0.05, 0.1) is 13.2 Å². The molecule has 1 aliphatic rings. The van der Waals surface area contributed by atoms with Gasteiger partial charge in [0, 0.05) is 42.1 Å². The zero-order valence-electron chi connectivity index (χ0n) is 20.2. The van der Waals surface area contributed by atoms with Gasteiger partial charge in [0.2, 0.25) is 0 Å². The monoisotopic (exact) mass is 508 g/mol. The number of esters is 1. The third-order valence-electron chi connectivity index (χ3n) is 4.81. The summed E-state index contributed by atoms with van der Waals surface area (Å²) in [6, 6.07) is 11.1. The Morgan fingerprint density at radius 1 is 1.25 bits per heavy atom. The van der Waals surface area contributed by atoms with Crippen LogP contribution in [0.1, 0.15) is 24.3 Å². The van der Waals surface area contributed by atoms with Crippen molar-refractivity contribution in [2.75, 3.05) is 38.1 Å². The minimum atomic E-state index is -0.409. The van der Waals surface area contributed by atoms with Gasteiger partial charge in [-0.1, -0.05) is 0 Å². The number of nitrogens with one attached hydrogen (secondary N) is 2. The summed E-state index contributed by atoms with van der Waals surface area (Å²) in [5.41, 5.74) is 2.02. The van der Waals surface area contributed by atoms with Crippen LogP contribution in [0.5, 0.6) is 0 Å². The Bertz CT molecular complexity index is 1180. The van der Waals surface area contributed by atoms with Gasteiger partial charge in [-0.15, -0.1) is 0 Å². The number of hydrogen-bond donors (Lipinski definition) is 2. The van der Waals surface area contributed by atoms with Crippen LogP contribution in [-0.4, -0.2) is 70.8 Å². The van der Waals surface area contributed by atoms with Gasteiger partial charge in [-0.25, -0.2) is 9.30 Å². The van der Waals surface area contributed by atoms with Crippen molar-refractivity contribution in [1.82, 2.24) is 19.4 Å². The summed E-state index contributed by atoms with van der Waals surface area (Å²) in [5, 5.41) is 19.4. The summed E-state index contributed by atoms with van der Waals surface area (Å²) in [4.78, 5) is 33.5. The molecule has 12 heteroatoms. The number of benzene rings is 1. The van der Waals surface area contributed by atoms with Crippen molar-refractivity contribution < 1.29 is 14.3 Å². The summed E-state index contributed by atoms with van der Waals surface area (Å²) >= 11 is 1.60. The average Bonchev–Trinajstić information content (AvgIpc) is 3.32. The fraction of sp³-hybridized carbons (Fsp3) is 0.333. The molecule has 0 bridgehead atoms. The molecule has 0 aliphatic carbocycles. The van der Waals surface area contributed by atoms with E-state index in [-0.39, 0.29) is 18.1 Å². The molecular weight excluding hydrogens is 480 g/mol. The molecule has 0 fully saturated rings. The lowest BCUT2D eigenvalue weighted by molar-refractivity contribution is -0.144.